The van der Waals surface area contributed by atoms with Crippen LogP contribution >= 0.6 is 12.4 Å². The van der Waals surface area contributed by atoms with Gasteiger partial charge in [0.15, 0.2) is 0 Å². The molecule has 23 heavy (non-hydrogen) atoms. The second-order valence-corrected chi connectivity index (χ2v) is 5.18. The Morgan fingerprint density at radius 3 is 2.39 bits per heavy atom. The number of anilines is 1. The van der Waals surface area contributed by atoms with Crippen molar-refractivity contribution < 1.29 is 9.59 Å². The lowest BCUT2D eigenvalue weighted by atomic mass is 10.0. The number of carbonyl (C=O) groups is 2. The van der Waals surface area contributed by atoms with Crippen molar-refractivity contribution in [1.29, 1.82) is 0 Å². The Bertz CT molecular complexity index is 568. The fourth-order valence-electron chi connectivity index (χ4n) is 2.28. The van der Waals surface area contributed by atoms with E-state index in [1.54, 1.807) is 0 Å². The molecule has 126 valence electrons. The first-order chi connectivity index (χ1) is 10.6. The largest absolute Gasteiger partial charge is 0.325 e. The van der Waals surface area contributed by atoms with Gasteiger partial charge < -0.3 is 5.32 Å². The van der Waals surface area contributed by atoms with Crippen LogP contribution in [0, 0.1) is 0 Å². The van der Waals surface area contributed by atoms with Crippen molar-refractivity contribution >= 4 is 35.6 Å². The van der Waals surface area contributed by atoms with Crippen LogP contribution in [0.15, 0.2) is 29.4 Å². The zero-order valence-electron chi connectivity index (χ0n) is 13.5. The predicted molar refractivity (Wildman–Crippen MR) is 94.0 cm³/mol. The minimum Gasteiger partial charge on any atom is -0.325 e. The van der Waals surface area contributed by atoms with E-state index in [-0.39, 0.29) is 24.2 Å². The SMILES string of the molecule is CCN(CC)CC(=O)Nc1ccc(C2=NNC(=O)CC2)cc1.Cl. The second-order valence-electron chi connectivity index (χ2n) is 5.18. The predicted octanol–water partition coefficient (Wildman–Crippen LogP) is 2.00. The molecule has 0 radical (unpaired) electrons. The molecule has 2 rings (SSSR count). The molecule has 0 spiro atoms. The van der Waals surface area contributed by atoms with Gasteiger partial charge in [0.05, 0.1) is 12.3 Å². The summed E-state index contributed by atoms with van der Waals surface area (Å²) in [4.78, 5) is 25.1. The monoisotopic (exact) mass is 338 g/mol. The summed E-state index contributed by atoms with van der Waals surface area (Å²) < 4.78 is 0. The summed E-state index contributed by atoms with van der Waals surface area (Å²) >= 11 is 0. The summed E-state index contributed by atoms with van der Waals surface area (Å²) in [5.41, 5.74) is 5.07. The Balaban J connectivity index is 0.00000264. The standard InChI is InChI=1S/C16H22N4O2.ClH/c1-3-20(4-2)11-16(22)17-13-7-5-12(6-8-13)14-9-10-15(21)19-18-14;/h5-8H,3-4,9-11H2,1-2H3,(H,17,22)(H,19,21);1H. The van der Waals surface area contributed by atoms with E-state index < -0.39 is 0 Å². The molecule has 0 saturated heterocycles. The molecular formula is C16H23ClN4O2. The first kappa shape index (κ1) is 19.1. The minimum absolute atomic E-state index is 0. The third-order valence-corrected chi connectivity index (χ3v) is 3.67. The maximum absolute atomic E-state index is 11.9. The summed E-state index contributed by atoms with van der Waals surface area (Å²) in [5.74, 6) is -0.0669. The molecule has 0 unspecified atom stereocenters. The number of benzene rings is 1. The number of likely N-dealkylation sites (N-methyl/N-ethyl adjacent to an activating group) is 1. The van der Waals surface area contributed by atoms with Crippen molar-refractivity contribution in [1.82, 2.24) is 10.3 Å². The number of carbonyl (C=O) groups excluding carboxylic acids is 2. The van der Waals surface area contributed by atoms with E-state index in [4.69, 9.17) is 0 Å². The number of amides is 2. The number of hydrazone groups is 1. The summed E-state index contributed by atoms with van der Waals surface area (Å²) in [6, 6.07) is 7.52. The molecule has 2 N–H and O–H groups in total. The molecule has 1 aromatic carbocycles. The number of nitrogens with zero attached hydrogens (tertiary/aromatic N) is 2. The van der Waals surface area contributed by atoms with Crippen molar-refractivity contribution in [2.75, 3.05) is 25.0 Å². The van der Waals surface area contributed by atoms with E-state index in [1.807, 2.05) is 38.1 Å². The molecule has 0 saturated carbocycles. The number of hydrogen-bond donors (Lipinski definition) is 2. The fraction of sp³-hybridized carbons (Fsp3) is 0.438. The first-order valence-electron chi connectivity index (χ1n) is 7.60. The summed E-state index contributed by atoms with van der Waals surface area (Å²) in [6.07, 6.45) is 1.10. The van der Waals surface area contributed by atoms with Gasteiger partial charge in [0.25, 0.3) is 0 Å². The van der Waals surface area contributed by atoms with Crippen LogP contribution < -0.4 is 10.7 Å². The lowest BCUT2D eigenvalue weighted by molar-refractivity contribution is -0.121. The molecule has 0 aromatic heterocycles. The topological polar surface area (TPSA) is 73.8 Å². The third kappa shape index (κ3) is 5.65. The molecule has 0 bridgehead atoms. The lowest BCUT2D eigenvalue weighted by Gasteiger charge is -2.17. The zero-order chi connectivity index (χ0) is 15.9. The average Bonchev–Trinajstić information content (AvgIpc) is 2.54. The van der Waals surface area contributed by atoms with Crippen molar-refractivity contribution in [3.05, 3.63) is 29.8 Å². The Morgan fingerprint density at radius 1 is 1.22 bits per heavy atom. The maximum atomic E-state index is 11.9. The Labute approximate surface area is 142 Å². The van der Waals surface area contributed by atoms with Crippen molar-refractivity contribution in [3.63, 3.8) is 0 Å². The van der Waals surface area contributed by atoms with E-state index in [0.717, 1.165) is 30.1 Å². The quantitative estimate of drug-likeness (QED) is 0.833. The number of hydrogen-bond acceptors (Lipinski definition) is 4. The van der Waals surface area contributed by atoms with Gasteiger partial charge in [-0.1, -0.05) is 26.0 Å². The van der Waals surface area contributed by atoms with Crippen LogP contribution in [0.25, 0.3) is 0 Å². The Kier molecular flexibility index (Phi) is 7.71. The normalized spacial score (nSPS) is 13.9. The maximum Gasteiger partial charge on any atom is 0.240 e. The Hall–Kier alpha value is -1.92. The van der Waals surface area contributed by atoms with Gasteiger partial charge in [-0.15, -0.1) is 12.4 Å². The van der Waals surface area contributed by atoms with Gasteiger partial charge in [-0.05, 0) is 30.8 Å². The molecule has 1 aliphatic heterocycles. The minimum atomic E-state index is -0.0518. The van der Waals surface area contributed by atoms with Crippen LogP contribution in [0.1, 0.15) is 32.3 Å². The van der Waals surface area contributed by atoms with Gasteiger partial charge in [0.2, 0.25) is 11.8 Å². The van der Waals surface area contributed by atoms with E-state index >= 15 is 0 Å². The van der Waals surface area contributed by atoms with E-state index in [0.29, 0.717) is 19.4 Å². The zero-order valence-corrected chi connectivity index (χ0v) is 14.3. The van der Waals surface area contributed by atoms with Crippen molar-refractivity contribution in [2.24, 2.45) is 5.10 Å². The summed E-state index contributed by atoms with van der Waals surface area (Å²) in [6.45, 7) is 6.18. The third-order valence-electron chi connectivity index (χ3n) is 3.67. The van der Waals surface area contributed by atoms with Crippen LogP contribution in [0.2, 0.25) is 0 Å². The van der Waals surface area contributed by atoms with Crippen LogP contribution in [0.5, 0.6) is 0 Å². The van der Waals surface area contributed by atoms with E-state index in [1.165, 1.54) is 0 Å². The van der Waals surface area contributed by atoms with E-state index in [9.17, 15) is 9.59 Å². The van der Waals surface area contributed by atoms with Gasteiger partial charge in [0.1, 0.15) is 0 Å². The summed E-state index contributed by atoms with van der Waals surface area (Å²) in [7, 11) is 0. The van der Waals surface area contributed by atoms with Gasteiger partial charge >= 0.3 is 0 Å². The molecular weight excluding hydrogens is 316 g/mol. The Morgan fingerprint density at radius 2 is 1.87 bits per heavy atom. The summed E-state index contributed by atoms with van der Waals surface area (Å²) in [5, 5.41) is 6.94. The number of halogens is 1. The van der Waals surface area contributed by atoms with Crippen LogP contribution in [0.3, 0.4) is 0 Å². The van der Waals surface area contributed by atoms with Gasteiger partial charge in [-0.3, -0.25) is 14.5 Å². The van der Waals surface area contributed by atoms with Gasteiger partial charge in [0, 0.05) is 18.5 Å². The molecule has 0 aliphatic carbocycles. The lowest BCUT2D eigenvalue weighted by Crippen LogP contribution is -2.32. The highest BCUT2D eigenvalue weighted by atomic mass is 35.5. The van der Waals surface area contributed by atoms with Crippen molar-refractivity contribution in [2.45, 2.75) is 26.7 Å². The highest BCUT2D eigenvalue weighted by Crippen LogP contribution is 2.14. The first-order valence-corrected chi connectivity index (χ1v) is 7.60. The molecule has 1 heterocycles. The molecule has 6 nitrogen and oxygen atoms in total. The molecule has 0 fully saturated rings. The molecule has 1 aromatic rings. The van der Waals surface area contributed by atoms with Gasteiger partial charge in [-0.2, -0.15) is 5.10 Å². The van der Waals surface area contributed by atoms with Crippen LogP contribution in [-0.4, -0.2) is 42.1 Å². The molecule has 2 amide bonds. The second kappa shape index (κ2) is 9.27. The molecule has 0 atom stereocenters. The smallest absolute Gasteiger partial charge is 0.240 e. The van der Waals surface area contributed by atoms with Crippen LogP contribution in [-0.2, 0) is 9.59 Å². The number of rotatable bonds is 6. The van der Waals surface area contributed by atoms with Gasteiger partial charge in [-0.25, -0.2) is 5.43 Å². The molecule has 7 heteroatoms. The van der Waals surface area contributed by atoms with Crippen LogP contribution in [0.4, 0.5) is 5.69 Å². The highest BCUT2D eigenvalue weighted by molar-refractivity contribution is 6.04. The fourth-order valence-corrected chi connectivity index (χ4v) is 2.28. The van der Waals surface area contributed by atoms with Crippen molar-refractivity contribution in [3.8, 4) is 0 Å². The van der Waals surface area contributed by atoms with E-state index in [2.05, 4.69) is 20.7 Å². The highest BCUT2D eigenvalue weighted by Gasteiger charge is 2.13. The average molecular weight is 339 g/mol. The molecule has 1 aliphatic rings. The number of nitrogens with one attached hydrogen (secondary N) is 2.